The summed E-state index contributed by atoms with van der Waals surface area (Å²) in [5.74, 6) is 0. The molecule has 1 heteroatoms. The molecule has 132 valence electrons. The lowest BCUT2D eigenvalue weighted by Gasteiger charge is -2.21. The predicted molar refractivity (Wildman–Crippen MR) is 113 cm³/mol. The number of aryl methyl sites for hydroxylation is 3. The summed E-state index contributed by atoms with van der Waals surface area (Å²) in [7, 11) is 0. The lowest BCUT2D eigenvalue weighted by atomic mass is 9.83. The molecule has 1 aliphatic rings. The first-order valence-corrected chi connectivity index (χ1v) is 10.1. The Balaban J connectivity index is 1.62. The normalized spacial score (nSPS) is 12.5. The van der Waals surface area contributed by atoms with Crippen molar-refractivity contribution in [1.82, 2.24) is 0 Å². The predicted octanol–water partition coefficient (Wildman–Crippen LogP) is 7.51. The molecule has 3 aromatic carbocycles. The highest BCUT2D eigenvalue weighted by atomic mass is 35.5. The van der Waals surface area contributed by atoms with Gasteiger partial charge in [0.25, 0.3) is 0 Å². The molecule has 0 nitrogen and oxygen atoms in total. The van der Waals surface area contributed by atoms with Gasteiger partial charge in [0.15, 0.2) is 0 Å². The Kier molecular flexibility index (Phi) is 5.13. The SMILES string of the molecule is CCCCCc1ccc2c(c1)CCc1cc(-c3ccc(Cl)cc3)ccc1-2. The monoisotopic (exact) mass is 360 g/mol. The summed E-state index contributed by atoms with van der Waals surface area (Å²) >= 11 is 6.02. The maximum atomic E-state index is 6.02. The molecule has 4 rings (SSSR count). The van der Waals surface area contributed by atoms with Gasteiger partial charge in [-0.2, -0.15) is 0 Å². The maximum Gasteiger partial charge on any atom is 0.0406 e. The quantitative estimate of drug-likeness (QED) is 0.413. The van der Waals surface area contributed by atoms with Crippen molar-refractivity contribution in [2.24, 2.45) is 0 Å². The van der Waals surface area contributed by atoms with E-state index in [9.17, 15) is 0 Å². The number of benzene rings is 3. The van der Waals surface area contributed by atoms with Crippen LogP contribution in [0.3, 0.4) is 0 Å². The summed E-state index contributed by atoms with van der Waals surface area (Å²) in [6, 6.07) is 22.1. The second-order valence-corrected chi connectivity index (χ2v) is 7.76. The van der Waals surface area contributed by atoms with Crippen molar-refractivity contribution in [2.75, 3.05) is 0 Å². The van der Waals surface area contributed by atoms with E-state index in [1.807, 2.05) is 12.1 Å². The summed E-state index contributed by atoms with van der Waals surface area (Å²) in [5.41, 5.74) is 9.82. The van der Waals surface area contributed by atoms with Gasteiger partial charge in [0.05, 0.1) is 0 Å². The van der Waals surface area contributed by atoms with Gasteiger partial charge < -0.3 is 0 Å². The number of hydrogen-bond donors (Lipinski definition) is 0. The molecular formula is C25H25Cl. The van der Waals surface area contributed by atoms with Crippen LogP contribution in [-0.4, -0.2) is 0 Å². The molecule has 0 spiro atoms. The van der Waals surface area contributed by atoms with Crippen LogP contribution in [0.25, 0.3) is 22.3 Å². The fraction of sp³-hybridized carbons (Fsp3) is 0.280. The summed E-state index contributed by atoms with van der Waals surface area (Å²) in [5, 5.41) is 0.787. The van der Waals surface area contributed by atoms with Gasteiger partial charge in [-0.25, -0.2) is 0 Å². The topological polar surface area (TPSA) is 0 Å². The van der Waals surface area contributed by atoms with E-state index in [4.69, 9.17) is 11.6 Å². The third kappa shape index (κ3) is 3.57. The van der Waals surface area contributed by atoms with Crippen molar-refractivity contribution in [3.8, 4) is 22.3 Å². The van der Waals surface area contributed by atoms with Crippen molar-refractivity contribution in [2.45, 2.75) is 45.4 Å². The van der Waals surface area contributed by atoms with E-state index in [0.717, 1.165) is 17.9 Å². The fourth-order valence-electron chi connectivity index (χ4n) is 4.01. The van der Waals surface area contributed by atoms with Gasteiger partial charge in [-0.15, -0.1) is 0 Å². The van der Waals surface area contributed by atoms with Crippen LogP contribution in [0.5, 0.6) is 0 Å². The van der Waals surface area contributed by atoms with E-state index in [2.05, 4.69) is 55.5 Å². The van der Waals surface area contributed by atoms with E-state index < -0.39 is 0 Å². The van der Waals surface area contributed by atoms with Crippen molar-refractivity contribution in [3.63, 3.8) is 0 Å². The average molecular weight is 361 g/mol. The van der Waals surface area contributed by atoms with Crippen LogP contribution < -0.4 is 0 Å². The Bertz CT molecular complexity index is 906. The zero-order valence-corrected chi connectivity index (χ0v) is 16.2. The number of halogens is 1. The molecule has 0 unspecified atom stereocenters. The molecule has 0 saturated heterocycles. The van der Waals surface area contributed by atoms with Crippen molar-refractivity contribution in [3.05, 3.63) is 82.4 Å². The molecule has 0 bridgehead atoms. The van der Waals surface area contributed by atoms with Crippen LogP contribution in [0.4, 0.5) is 0 Å². The van der Waals surface area contributed by atoms with Gasteiger partial charge in [0.2, 0.25) is 0 Å². The lowest BCUT2D eigenvalue weighted by molar-refractivity contribution is 0.716. The standard InChI is InChI=1S/C25H25Cl/c1-2-3-4-5-18-6-14-24-21(16-18)7-8-22-17-20(11-15-25(22)24)19-9-12-23(26)13-10-19/h6,9-17H,2-5,7-8H2,1H3. The van der Waals surface area contributed by atoms with Gasteiger partial charge in [-0.3, -0.25) is 0 Å². The number of hydrogen-bond acceptors (Lipinski definition) is 0. The van der Waals surface area contributed by atoms with Gasteiger partial charge in [0, 0.05) is 5.02 Å². The average Bonchev–Trinajstić information content (AvgIpc) is 2.68. The van der Waals surface area contributed by atoms with Crippen LogP contribution in [0, 0.1) is 0 Å². The maximum absolute atomic E-state index is 6.02. The molecule has 0 N–H and O–H groups in total. The van der Waals surface area contributed by atoms with Gasteiger partial charge in [-0.05, 0) is 76.8 Å². The minimum absolute atomic E-state index is 0.787. The Hall–Kier alpha value is -2.05. The third-order valence-electron chi connectivity index (χ3n) is 5.48. The van der Waals surface area contributed by atoms with Crippen molar-refractivity contribution >= 4 is 11.6 Å². The Morgan fingerprint density at radius 1 is 0.731 bits per heavy atom. The minimum atomic E-state index is 0.787. The highest BCUT2D eigenvalue weighted by molar-refractivity contribution is 6.30. The Labute approximate surface area is 161 Å². The largest absolute Gasteiger partial charge is 0.0843 e. The smallest absolute Gasteiger partial charge is 0.0406 e. The van der Waals surface area contributed by atoms with E-state index in [1.165, 1.54) is 64.6 Å². The van der Waals surface area contributed by atoms with Gasteiger partial charge in [-0.1, -0.05) is 79.9 Å². The molecule has 1 aliphatic carbocycles. The first kappa shape index (κ1) is 17.4. The second kappa shape index (κ2) is 7.68. The molecular weight excluding hydrogens is 336 g/mol. The van der Waals surface area contributed by atoms with Gasteiger partial charge in [0.1, 0.15) is 0 Å². The molecule has 0 atom stereocenters. The highest BCUT2D eigenvalue weighted by Crippen LogP contribution is 2.36. The van der Waals surface area contributed by atoms with Crippen LogP contribution in [0.1, 0.15) is 42.9 Å². The second-order valence-electron chi connectivity index (χ2n) is 7.33. The molecule has 0 amide bonds. The molecule has 26 heavy (non-hydrogen) atoms. The summed E-state index contributed by atoms with van der Waals surface area (Å²) in [4.78, 5) is 0. The number of fused-ring (bicyclic) bond motifs is 3. The molecule has 0 fully saturated rings. The van der Waals surface area contributed by atoms with E-state index >= 15 is 0 Å². The van der Waals surface area contributed by atoms with Crippen molar-refractivity contribution < 1.29 is 0 Å². The van der Waals surface area contributed by atoms with Gasteiger partial charge >= 0.3 is 0 Å². The van der Waals surface area contributed by atoms with E-state index in [1.54, 1.807) is 0 Å². The van der Waals surface area contributed by atoms with Crippen LogP contribution in [0.15, 0.2) is 60.7 Å². The van der Waals surface area contributed by atoms with E-state index in [0.29, 0.717) is 0 Å². The van der Waals surface area contributed by atoms with E-state index in [-0.39, 0.29) is 0 Å². The fourth-order valence-corrected chi connectivity index (χ4v) is 4.13. The number of unbranched alkanes of at least 4 members (excludes halogenated alkanes) is 2. The third-order valence-corrected chi connectivity index (χ3v) is 5.73. The first-order valence-electron chi connectivity index (χ1n) is 9.75. The van der Waals surface area contributed by atoms with Crippen LogP contribution >= 0.6 is 11.6 Å². The summed E-state index contributed by atoms with van der Waals surface area (Å²) in [6.07, 6.45) is 7.40. The Morgan fingerprint density at radius 3 is 2.12 bits per heavy atom. The molecule has 0 radical (unpaired) electrons. The van der Waals surface area contributed by atoms with Crippen LogP contribution in [0.2, 0.25) is 5.02 Å². The van der Waals surface area contributed by atoms with Crippen molar-refractivity contribution in [1.29, 1.82) is 0 Å². The first-order chi connectivity index (χ1) is 12.7. The molecule has 0 saturated carbocycles. The molecule has 0 aliphatic heterocycles. The zero-order chi connectivity index (χ0) is 17.9. The molecule has 0 heterocycles. The summed E-state index contributed by atoms with van der Waals surface area (Å²) in [6.45, 7) is 2.27. The molecule has 3 aromatic rings. The number of rotatable bonds is 5. The lowest BCUT2D eigenvalue weighted by Crippen LogP contribution is -2.05. The summed E-state index contributed by atoms with van der Waals surface area (Å²) < 4.78 is 0. The Morgan fingerprint density at radius 2 is 1.38 bits per heavy atom. The zero-order valence-electron chi connectivity index (χ0n) is 15.4. The minimum Gasteiger partial charge on any atom is -0.0843 e. The molecule has 0 aromatic heterocycles. The highest BCUT2D eigenvalue weighted by Gasteiger charge is 2.17. The van der Waals surface area contributed by atoms with Crippen LogP contribution in [-0.2, 0) is 19.3 Å².